The molecule has 1 saturated carbocycles. The second kappa shape index (κ2) is 9.79. The Morgan fingerprint density at radius 2 is 1.85 bits per heavy atom. The quantitative estimate of drug-likeness (QED) is 0.477. The summed E-state index contributed by atoms with van der Waals surface area (Å²) >= 11 is 0. The number of aromatic nitrogens is 3. The molecule has 0 unspecified atom stereocenters. The van der Waals surface area contributed by atoms with Gasteiger partial charge >= 0.3 is 0 Å². The topological polar surface area (TPSA) is 77.0 Å². The smallest absolute Gasteiger partial charge is 0.257 e. The van der Waals surface area contributed by atoms with Crippen LogP contribution in [0.5, 0.6) is 5.88 Å². The Hall–Kier alpha value is -3.49. The lowest BCUT2D eigenvalue weighted by Crippen LogP contribution is -2.25. The van der Waals surface area contributed by atoms with Gasteiger partial charge in [-0.15, -0.1) is 0 Å². The zero-order chi connectivity index (χ0) is 24.3. The van der Waals surface area contributed by atoms with E-state index >= 15 is 0 Å². The van der Waals surface area contributed by atoms with Crippen molar-refractivity contribution in [1.29, 1.82) is 0 Å². The van der Waals surface area contributed by atoms with Crippen molar-refractivity contribution < 1.29 is 22.7 Å². The van der Waals surface area contributed by atoms with Crippen molar-refractivity contribution >= 4 is 11.6 Å². The number of hydrogen-bond donors (Lipinski definition) is 1. The largest absolute Gasteiger partial charge is 0.475 e. The summed E-state index contributed by atoms with van der Waals surface area (Å²) in [6.07, 6.45) is 4.13. The lowest BCUT2D eigenvalue weighted by Gasteiger charge is -2.29. The third-order valence-corrected chi connectivity index (χ3v) is 5.69. The average molecular weight is 470 g/mol. The number of hydrogen-bond acceptors (Lipinski definition) is 5. The third-order valence-electron chi connectivity index (χ3n) is 5.69. The summed E-state index contributed by atoms with van der Waals surface area (Å²) in [6, 6.07) is 7.45. The molecular weight excluding hydrogens is 445 g/mol. The summed E-state index contributed by atoms with van der Waals surface area (Å²) in [5.41, 5.74) is 1.35. The fraction of sp³-hybridized carbons (Fsp3) is 0.360. The molecule has 6 nitrogen and oxygen atoms in total. The van der Waals surface area contributed by atoms with Gasteiger partial charge < -0.3 is 10.1 Å². The van der Waals surface area contributed by atoms with Crippen molar-refractivity contribution in [2.75, 3.05) is 5.32 Å². The summed E-state index contributed by atoms with van der Waals surface area (Å²) in [4.78, 5) is 25.8. The predicted molar refractivity (Wildman–Crippen MR) is 122 cm³/mol. The minimum atomic E-state index is -2.71. The van der Waals surface area contributed by atoms with Crippen LogP contribution in [0.2, 0.25) is 0 Å². The van der Waals surface area contributed by atoms with Crippen LogP contribution in [0.3, 0.4) is 0 Å². The molecular formula is C25H25F3N4O2. The van der Waals surface area contributed by atoms with Crippen molar-refractivity contribution in [3.8, 4) is 17.1 Å². The zero-order valence-electron chi connectivity index (χ0n) is 18.9. The summed E-state index contributed by atoms with van der Waals surface area (Å²) in [6.45, 7) is 3.73. The number of anilines is 1. The van der Waals surface area contributed by atoms with E-state index in [0.29, 0.717) is 17.1 Å². The number of rotatable bonds is 6. The third kappa shape index (κ3) is 5.35. The maximum Gasteiger partial charge on any atom is 0.257 e. The first-order valence-corrected chi connectivity index (χ1v) is 11.2. The Bertz CT molecular complexity index is 1160. The highest BCUT2D eigenvalue weighted by Gasteiger charge is 2.37. The molecule has 1 aliphatic carbocycles. The van der Waals surface area contributed by atoms with Crippen LogP contribution >= 0.6 is 0 Å². The van der Waals surface area contributed by atoms with Crippen molar-refractivity contribution in [1.82, 2.24) is 15.0 Å². The Kier molecular flexibility index (Phi) is 6.81. The first kappa shape index (κ1) is 23.7. The van der Waals surface area contributed by atoms with Crippen LogP contribution in [-0.4, -0.2) is 32.9 Å². The van der Waals surface area contributed by atoms with Gasteiger partial charge in [-0.05, 0) is 51.0 Å². The van der Waals surface area contributed by atoms with E-state index < -0.39 is 17.6 Å². The highest BCUT2D eigenvalue weighted by atomic mass is 19.3. The molecule has 3 heterocycles. The summed E-state index contributed by atoms with van der Waals surface area (Å²) in [7, 11) is 0. The number of nitrogens with zero attached hydrogens (tertiary/aromatic N) is 3. The van der Waals surface area contributed by atoms with Crippen molar-refractivity contribution in [3.63, 3.8) is 0 Å². The number of halogens is 3. The molecule has 0 aromatic carbocycles. The summed E-state index contributed by atoms with van der Waals surface area (Å²) in [5.74, 6) is -3.69. The minimum Gasteiger partial charge on any atom is -0.475 e. The molecule has 0 bridgehead atoms. The van der Waals surface area contributed by atoms with Gasteiger partial charge in [0.1, 0.15) is 11.5 Å². The number of pyridine rings is 3. The van der Waals surface area contributed by atoms with Gasteiger partial charge in [0, 0.05) is 49.0 Å². The highest BCUT2D eigenvalue weighted by Crippen LogP contribution is 2.44. The molecule has 0 saturated heterocycles. The molecule has 3 aromatic rings. The van der Waals surface area contributed by atoms with E-state index in [1.165, 1.54) is 30.7 Å². The molecule has 0 radical (unpaired) electrons. The number of carbonyl (C=O) groups is 1. The van der Waals surface area contributed by atoms with Gasteiger partial charge in [0.25, 0.3) is 5.91 Å². The van der Waals surface area contributed by atoms with Gasteiger partial charge in [-0.2, -0.15) is 0 Å². The van der Waals surface area contributed by atoms with Gasteiger partial charge in [0.05, 0.1) is 23.0 Å². The monoisotopic (exact) mass is 470 g/mol. The van der Waals surface area contributed by atoms with E-state index in [1.807, 2.05) is 13.8 Å². The summed E-state index contributed by atoms with van der Waals surface area (Å²) in [5, 5.41) is 2.82. The SMILES string of the molecule is CC(C)Oc1ccc(C(=O)Nc2c(-c3ncccc3F)ccnc2C2CCC(F)(F)CC2)cn1. The molecule has 0 spiro atoms. The lowest BCUT2D eigenvalue weighted by atomic mass is 9.83. The number of carbonyl (C=O) groups excluding carboxylic acids is 1. The van der Waals surface area contributed by atoms with Crippen LogP contribution in [0, 0.1) is 5.82 Å². The minimum absolute atomic E-state index is 0.0430. The molecule has 4 rings (SSSR count). The number of alkyl halides is 2. The maximum atomic E-state index is 14.6. The van der Waals surface area contributed by atoms with Crippen LogP contribution in [0.1, 0.15) is 61.5 Å². The standard InChI is InChI=1S/C25H25F3N4O2/c1-15(2)34-20-6-5-17(14-31-20)24(33)32-23-18(22-19(26)4-3-12-29-22)9-13-30-21(23)16-7-10-25(27,28)11-8-16/h3-6,9,12-16H,7-8,10-11H2,1-2H3,(H,32,33). The molecule has 1 aliphatic rings. The van der Waals surface area contributed by atoms with Gasteiger partial charge in [0.15, 0.2) is 0 Å². The van der Waals surface area contributed by atoms with E-state index in [0.717, 1.165) is 0 Å². The van der Waals surface area contributed by atoms with Crippen molar-refractivity contribution in [3.05, 3.63) is 66.0 Å². The van der Waals surface area contributed by atoms with E-state index in [9.17, 15) is 18.0 Å². The first-order chi connectivity index (χ1) is 16.2. The van der Waals surface area contributed by atoms with E-state index in [2.05, 4.69) is 20.3 Å². The van der Waals surface area contributed by atoms with Crippen LogP contribution < -0.4 is 10.1 Å². The van der Waals surface area contributed by atoms with Crippen molar-refractivity contribution in [2.45, 2.75) is 57.5 Å². The number of nitrogens with one attached hydrogen (secondary N) is 1. The lowest BCUT2D eigenvalue weighted by molar-refractivity contribution is -0.0384. The van der Waals surface area contributed by atoms with Gasteiger partial charge in [-0.3, -0.25) is 14.8 Å². The molecule has 0 aliphatic heterocycles. The van der Waals surface area contributed by atoms with E-state index in [-0.39, 0.29) is 54.6 Å². The Morgan fingerprint density at radius 1 is 1.09 bits per heavy atom. The Labute approximate surface area is 195 Å². The normalized spacial score (nSPS) is 15.8. The van der Waals surface area contributed by atoms with Crippen LogP contribution in [0.25, 0.3) is 11.3 Å². The second-order valence-corrected chi connectivity index (χ2v) is 8.59. The van der Waals surface area contributed by atoms with Gasteiger partial charge in [0.2, 0.25) is 11.8 Å². The summed E-state index contributed by atoms with van der Waals surface area (Å²) < 4.78 is 47.7. The Balaban J connectivity index is 1.70. The number of amides is 1. The first-order valence-electron chi connectivity index (χ1n) is 11.2. The van der Waals surface area contributed by atoms with Crippen LogP contribution in [0.15, 0.2) is 48.9 Å². The van der Waals surface area contributed by atoms with Crippen LogP contribution in [-0.2, 0) is 0 Å². The van der Waals surface area contributed by atoms with Crippen molar-refractivity contribution in [2.24, 2.45) is 0 Å². The molecule has 1 fully saturated rings. The van der Waals surface area contributed by atoms with Gasteiger partial charge in [-0.25, -0.2) is 18.2 Å². The fourth-order valence-corrected chi connectivity index (χ4v) is 4.03. The molecule has 34 heavy (non-hydrogen) atoms. The molecule has 9 heteroatoms. The second-order valence-electron chi connectivity index (χ2n) is 8.59. The fourth-order valence-electron chi connectivity index (χ4n) is 4.03. The average Bonchev–Trinajstić information content (AvgIpc) is 2.80. The van der Waals surface area contributed by atoms with Gasteiger partial charge in [-0.1, -0.05) is 0 Å². The van der Waals surface area contributed by atoms with Crippen LogP contribution in [0.4, 0.5) is 18.9 Å². The predicted octanol–water partition coefficient (Wildman–Crippen LogP) is 6.01. The maximum absolute atomic E-state index is 14.6. The Morgan fingerprint density at radius 3 is 2.50 bits per heavy atom. The van der Waals surface area contributed by atoms with E-state index in [1.54, 1.807) is 18.2 Å². The highest BCUT2D eigenvalue weighted by molar-refractivity contribution is 6.06. The molecule has 1 N–H and O–H groups in total. The zero-order valence-corrected chi connectivity index (χ0v) is 18.9. The molecule has 178 valence electrons. The molecule has 3 aromatic heterocycles. The molecule has 1 amide bonds. The molecule has 0 atom stereocenters. The number of ether oxygens (including phenoxy) is 1. The van der Waals surface area contributed by atoms with E-state index in [4.69, 9.17) is 4.74 Å².